The lowest BCUT2D eigenvalue weighted by molar-refractivity contribution is 0.0162. The molecule has 0 aliphatic carbocycles. The Bertz CT molecular complexity index is 738. The van der Waals surface area contributed by atoms with E-state index >= 15 is 0 Å². The van der Waals surface area contributed by atoms with Crippen LogP contribution in [-0.2, 0) is 11.2 Å². The van der Waals surface area contributed by atoms with Gasteiger partial charge in [-0.25, -0.2) is 0 Å². The van der Waals surface area contributed by atoms with E-state index in [1.165, 1.54) is 16.8 Å². The fraction of sp³-hybridized carbons (Fsp3) is 0.478. The molecule has 2 heterocycles. The molecule has 0 bridgehead atoms. The summed E-state index contributed by atoms with van der Waals surface area (Å²) in [6.45, 7) is 7.53. The van der Waals surface area contributed by atoms with Crippen molar-refractivity contribution in [3.8, 4) is 5.75 Å². The second-order valence-electron chi connectivity index (χ2n) is 7.61. The summed E-state index contributed by atoms with van der Waals surface area (Å²) in [5.74, 6) is 0.916. The molecular formula is C23H30N2O2. The SMILES string of the molecule is COc1ccc(N2CCN(C(C)CC3OCCc4ccccc43)CC2)cc1. The summed E-state index contributed by atoms with van der Waals surface area (Å²) < 4.78 is 11.4. The third-order valence-electron chi connectivity index (χ3n) is 6.02. The van der Waals surface area contributed by atoms with E-state index in [9.17, 15) is 0 Å². The first-order chi connectivity index (χ1) is 13.2. The van der Waals surface area contributed by atoms with Crippen LogP contribution >= 0.6 is 0 Å². The number of ether oxygens (including phenoxy) is 2. The van der Waals surface area contributed by atoms with Gasteiger partial charge in [-0.15, -0.1) is 0 Å². The number of hydrogen-bond donors (Lipinski definition) is 0. The second kappa shape index (κ2) is 8.32. The van der Waals surface area contributed by atoms with Gasteiger partial charge in [-0.2, -0.15) is 0 Å². The van der Waals surface area contributed by atoms with E-state index in [0.717, 1.165) is 51.4 Å². The zero-order chi connectivity index (χ0) is 18.6. The van der Waals surface area contributed by atoms with E-state index in [1.807, 2.05) is 12.1 Å². The molecule has 0 N–H and O–H groups in total. The first kappa shape index (κ1) is 18.3. The van der Waals surface area contributed by atoms with Crippen molar-refractivity contribution in [2.75, 3.05) is 44.8 Å². The second-order valence-corrected chi connectivity index (χ2v) is 7.61. The van der Waals surface area contributed by atoms with Crippen molar-refractivity contribution in [1.82, 2.24) is 4.90 Å². The zero-order valence-corrected chi connectivity index (χ0v) is 16.4. The Morgan fingerprint density at radius 2 is 1.78 bits per heavy atom. The predicted molar refractivity (Wildman–Crippen MR) is 110 cm³/mol. The number of rotatable bonds is 5. The molecule has 0 aromatic heterocycles. The minimum atomic E-state index is 0.240. The lowest BCUT2D eigenvalue weighted by Gasteiger charge is -2.40. The molecule has 1 saturated heterocycles. The third kappa shape index (κ3) is 4.12. The third-order valence-corrected chi connectivity index (χ3v) is 6.02. The highest BCUT2D eigenvalue weighted by molar-refractivity contribution is 5.49. The molecular weight excluding hydrogens is 336 g/mol. The molecule has 27 heavy (non-hydrogen) atoms. The summed E-state index contributed by atoms with van der Waals surface area (Å²) in [6.07, 6.45) is 2.35. The first-order valence-corrected chi connectivity index (χ1v) is 10.1. The van der Waals surface area contributed by atoms with Gasteiger partial charge in [-0.1, -0.05) is 24.3 Å². The van der Waals surface area contributed by atoms with Crippen molar-refractivity contribution < 1.29 is 9.47 Å². The monoisotopic (exact) mass is 366 g/mol. The first-order valence-electron chi connectivity index (χ1n) is 10.1. The van der Waals surface area contributed by atoms with Gasteiger partial charge in [-0.05, 0) is 55.2 Å². The number of hydrogen-bond acceptors (Lipinski definition) is 4. The maximum atomic E-state index is 6.13. The molecule has 2 aliphatic heterocycles. The molecule has 2 aromatic carbocycles. The van der Waals surface area contributed by atoms with Crippen molar-refractivity contribution in [1.29, 1.82) is 0 Å². The average Bonchev–Trinajstić information content (AvgIpc) is 2.74. The molecule has 2 aliphatic rings. The normalized spacial score (nSPS) is 21.6. The van der Waals surface area contributed by atoms with Gasteiger partial charge in [0.05, 0.1) is 19.8 Å². The standard InChI is InChI=1S/C23H30N2O2/c1-18(17-23-22-6-4-3-5-19(22)11-16-27-23)24-12-14-25(15-13-24)20-7-9-21(26-2)10-8-20/h3-10,18,23H,11-17H2,1-2H3. The summed E-state index contributed by atoms with van der Waals surface area (Å²) >= 11 is 0. The van der Waals surface area contributed by atoms with Gasteiger partial charge in [0.25, 0.3) is 0 Å². The van der Waals surface area contributed by atoms with Crippen LogP contribution in [0.2, 0.25) is 0 Å². The van der Waals surface area contributed by atoms with Gasteiger partial charge in [0, 0.05) is 37.9 Å². The van der Waals surface area contributed by atoms with Crippen LogP contribution < -0.4 is 9.64 Å². The molecule has 2 atom stereocenters. The Labute approximate surface area is 162 Å². The van der Waals surface area contributed by atoms with E-state index in [0.29, 0.717) is 6.04 Å². The molecule has 4 heteroatoms. The minimum absolute atomic E-state index is 0.240. The van der Waals surface area contributed by atoms with Gasteiger partial charge in [0.1, 0.15) is 5.75 Å². The lowest BCUT2D eigenvalue weighted by atomic mass is 9.93. The largest absolute Gasteiger partial charge is 0.497 e. The van der Waals surface area contributed by atoms with Crippen molar-refractivity contribution in [2.45, 2.75) is 31.9 Å². The van der Waals surface area contributed by atoms with Crippen LogP contribution in [0.1, 0.15) is 30.6 Å². The van der Waals surface area contributed by atoms with Crippen LogP contribution in [0.4, 0.5) is 5.69 Å². The van der Waals surface area contributed by atoms with Crippen LogP contribution in [0, 0.1) is 0 Å². The van der Waals surface area contributed by atoms with Crippen LogP contribution in [0.5, 0.6) is 5.75 Å². The summed E-state index contributed by atoms with van der Waals surface area (Å²) in [5, 5.41) is 0. The molecule has 144 valence electrons. The highest BCUT2D eigenvalue weighted by Gasteiger charge is 2.27. The fourth-order valence-electron chi connectivity index (χ4n) is 4.34. The van der Waals surface area contributed by atoms with Gasteiger partial charge < -0.3 is 14.4 Å². The lowest BCUT2D eigenvalue weighted by Crippen LogP contribution is -2.50. The maximum absolute atomic E-state index is 6.13. The highest BCUT2D eigenvalue weighted by Crippen LogP contribution is 2.32. The Hall–Kier alpha value is -2.04. The smallest absolute Gasteiger partial charge is 0.119 e. The van der Waals surface area contributed by atoms with Crippen molar-refractivity contribution in [3.63, 3.8) is 0 Å². The molecule has 1 fully saturated rings. The molecule has 0 saturated carbocycles. The van der Waals surface area contributed by atoms with Crippen molar-refractivity contribution in [3.05, 3.63) is 59.7 Å². The highest BCUT2D eigenvalue weighted by atomic mass is 16.5. The average molecular weight is 367 g/mol. The van der Waals surface area contributed by atoms with E-state index in [1.54, 1.807) is 7.11 Å². The zero-order valence-electron chi connectivity index (χ0n) is 16.4. The Kier molecular flexibility index (Phi) is 5.65. The predicted octanol–water partition coefficient (Wildman–Crippen LogP) is 3.91. The molecule has 0 radical (unpaired) electrons. The van der Waals surface area contributed by atoms with Gasteiger partial charge in [0.2, 0.25) is 0 Å². The maximum Gasteiger partial charge on any atom is 0.119 e. The van der Waals surface area contributed by atoms with E-state index in [4.69, 9.17) is 9.47 Å². The molecule has 4 rings (SSSR count). The quantitative estimate of drug-likeness (QED) is 0.801. The van der Waals surface area contributed by atoms with E-state index in [-0.39, 0.29) is 6.10 Å². The molecule has 0 spiro atoms. The summed E-state index contributed by atoms with van der Waals surface area (Å²) in [7, 11) is 1.71. The van der Waals surface area contributed by atoms with Crippen molar-refractivity contribution in [2.24, 2.45) is 0 Å². The molecule has 4 nitrogen and oxygen atoms in total. The number of methoxy groups -OCH3 is 1. The van der Waals surface area contributed by atoms with E-state index in [2.05, 4.69) is 53.1 Å². The Morgan fingerprint density at radius 3 is 2.52 bits per heavy atom. The van der Waals surface area contributed by atoms with Crippen molar-refractivity contribution >= 4 is 5.69 Å². The summed E-state index contributed by atoms with van der Waals surface area (Å²) in [5.41, 5.74) is 4.14. The van der Waals surface area contributed by atoms with Gasteiger partial charge in [-0.3, -0.25) is 4.90 Å². The number of anilines is 1. The molecule has 2 unspecified atom stereocenters. The number of piperazine rings is 1. The van der Waals surface area contributed by atoms with Gasteiger partial charge >= 0.3 is 0 Å². The van der Waals surface area contributed by atoms with Gasteiger partial charge in [0.15, 0.2) is 0 Å². The molecule has 0 amide bonds. The Morgan fingerprint density at radius 1 is 1.04 bits per heavy atom. The summed E-state index contributed by atoms with van der Waals surface area (Å²) in [4.78, 5) is 5.08. The number of nitrogens with zero attached hydrogens (tertiary/aromatic N) is 2. The molecule has 2 aromatic rings. The number of fused-ring (bicyclic) bond motifs is 1. The minimum Gasteiger partial charge on any atom is -0.497 e. The fourth-order valence-corrected chi connectivity index (χ4v) is 4.34. The topological polar surface area (TPSA) is 24.9 Å². The Balaban J connectivity index is 1.33. The van der Waals surface area contributed by atoms with Crippen LogP contribution in [0.25, 0.3) is 0 Å². The summed E-state index contributed by atoms with van der Waals surface area (Å²) in [6, 6.07) is 17.7. The van der Waals surface area contributed by atoms with E-state index < -0.39 is 0 Å². The number of benzene rings is 2. The van der Waals surface area contributed by atoms with Crippen LogP contribution in [0.3, 0.4) is 0 Å². The van der Waals surface area contributed by atoms with Crippen LogP contribution in [-0.4, -0.2) is 50.8 Å². The van der Waals surface area contributed by atoms with Crippen LogP contribution in [0.15, 0.2) is 48.5 Å².